The smallest absolute Gasteiger partial charge is 0.232 e. The Balaban J connectivity index is 1.66. The van der Waals surface area contributed by atoms with E-state index in [0.717, 1.165) is 30.4 Å². The van der Waals surface area contributed by atoms with Crippen LogP contribution in [0.3, 0.4) is 0 Å². The van der Waals surface area contributed by atoms with Crippen molar-refractivity contribution in [3.05, 3.63) is 52.6 Å². The van der Waals surface area contributed by atoms with Crippen LogP contribution in [0, 0.1) is 17.2 Å². The summed E-state index contributed by atoms with van der Waals surface area (Å²) >= 11 is 7.59. The third-order valence-corrected chi connectivity index (χ3v) is 8.49. The van der Waals surface area contributed by atoms with Crippen LogP contribution in [0.2, 0.25) is 5.02 Å². The van der Waals surface area contributed by atoms with Gasteiger partial charge in [0, 0.05) is 12.7 Å². The lowest BCUT2D eigenvalue weighted by Crippen LogP contribution is -2.27. The first-order valence-electron chi connectivity index (χ1n) is 10.9. The SMILES string of the molecule is CS(=O)(=O)c1ccc(N(C(=O)CCC2CCCC2)c2cnc(-c3ccc(C#N)s3)cn2)cc1Cl. The average molecular weight is 515 g/mol. The number of nitriles is 1. The largest absolute Gasteiger partial charge is 0.274 e. The number of nitrogens with zero attached hydrogens (tertiary/aromatic N) is 4. The maximum Gasteiger partial charge on any atom is 0.232 e. The number of anilines is 2. The third kappa shape index (κ3) is 5.46. The highest BCUT2D eigenvalue weighted by atomic mass is 35.5. The summed E-state index contributed by atoms with van der Waals surface area (Å²) in [6.45, 7) is 0. The van der Waals surface area contributed by atoms with E-state index in [2.05, 4.69) is 16.0 Å². The second kappa shape index (κ2) is 10.2. The molecule has 4 rings (SSSR count). The zero-order chi connectivity index (χ0) is 24.3. The Morgan fingerprint density at radius 2 is 1.97 bits per heavy atom. The predicted octanol–water partition coefficient (Wildman–Crippen LogP) is 5.77. The van der Waals surface area contributed by atoms with Crippen LogP contribution in [-0.2, 0) is 14.6 Å². The lowest BCUT2D eigenvalue weighted by molar-refractivity contribution is -0.118. The van der Waals surface area contributed by atoms with E-state index in [1.165, 1.54) is 47.4 Å². The van der Waals surface area contributed by atoms with Gasteiger partial charge >= 0.3 is 0 Å². The van der Waals surface area contributed by atoms with Gasteiger partial charge in [-0.25, -0.2) is 18.4 Å². The molecule has 7 nitrogen and oxygen atoms in total. The van der Waals surface area contributed by atoms with Gasteiger partial charge in [-0.15, -0.1) is 11.3 Å². The summed E-state index contributed by atoms with van der Waals surface area (Å²) in [7, 11) is -3.50. The number of hydrogen-bond acceptors (Lipinski definition) is 7. The summed E-state index contributed by atoms with van der Waals surface area (Å²) in [5.74, 6) is 0.712. The van der Waals surface area contributed by atoms with Gasteiger partial charge in [-0.3, -0.25) is 9.69 Å². The van der Waals surface area contributed by atoms with Crippen LogP contribution < -0.4 is 4.90 Å². The molecule has 0 radical (unpaired) electrons. The van der Waals surface area contributed by atoms with Crippen LogP contribution in [0.25, 0.3) is 10.6 Å². The van der Waals surface area contributed by atoms with Gasteiger partial charge in [0.2, 0.25) is 5.91 Å². The Kier molecular flexibility index (Phi) is 7.31. The number of carbonyl (C=O) groups is 1. The number of carbonyl (C=O) groups excluding carboxylic acids is 1. The standard InChI is InChI=1S/C24H23ClN4O3S2/c1-34(31,32)22-10-7-17(12-19(22)25)29(24(30)11-6-16-4-2-3-5-16)23-15-27-20(14-28-23)21-9-8-18(13-26)33-21/h7-10,12,14-16H,2-6,11H2,1H3. The molecule has 176 valence electrons. The fourth-order valence-electron chi connectivity index (χ4n) is 4.17. The molecule has 2 heterocycles. The number of benzene rings is 1. The molecule has 0 unspecified atom stereocenters. The van der Waals surface area contributed by atoms with Crippen molar-refractivity contribution in [3.8, 4) is 16.6 Å². The zero-order valence-electron chi connectivity index (χ0n) is 18.6. The van der Waals surface area contributed by atoms with Gasteiger partial charge in [-0.2, -0.15) is 5.26 Å². The fraction of sp³-hybridized carbons (Fsp3) is 0.333. The van der Waals surface area contributed by atoms with Crippen LogP contribution in [-0.4, -0.2) is 30.5 Å². The van der Waals surface area contributed by atoms with Crippen LogP contribution in [0.15, 0.2) is 47.6 Å². The van der Waals surface area contributed by atoms with E-state index in [-0.39, 0.29) is 15.8 Å². The molecule has 1 aliphatic carbocycles. The second-order valence-corrected chi connectivity index (χ2v) is 11.8. The van der Waals surface area contributed by atoms with Crippen molar-refractivity contribution in [2.24, 2.45) is 5.92 Å². The van der Waals surface area contributed by atoms with Crippen molar-refractivity contribution in [2.75, 3.05) is 11.2 Å². The number of thiophene rings is 1. The van der Waals surface area contributed by atoms with E-state index < -0.39 is 9.84 Å². The summed E-state index contributed by atoms with van der Waals surface area (Å²) in [4.78, 5) is 25.1. The lowest BCUT2D eigenvalue weighted by Gasteiger charge is -2.23. The van der Waals surface area contributed by atoms with Gasteiger partial charge in [-0.1, -0.05) is 37.3 Å². The van der Waals surface area contributed by atoms with Crippen molar-refractivity contribution < 1.29 is 13.2 Å². The fourth-order valence-corrected chi connectivity index (χ4v) is 6.26. The summed E-state index contributed by atoms with van der Waals surface area (Å²) in [6, 6.07) is 10.1. The Hall–Kier alpha value is -2.80. The van der Waals surface area contributed by atoms with Gasteiger partial charge in [0.15, 0.2) is 15.7 Å². The molecule has 0 aliphatic heterocycles. The molecule has 2 aromatic heterocycles. The van der Waals surface area contributed by atoms with E-state index in [9.17, 15) is 13.2 Å². The summed E-state index contributed by atoms with van der Waals surface area (Å²) in [6.07, 6.45) is 9.98. The van der Waals surface area contributed by atoms with Crippen LogP contribution in [0.1, 0.15) is 43.4 Å². The first kappa shape index (κ1) is 24.3. The minimum absolute atomic E-state index is 0.00342. The van der Waals surface area contributed by atoms with Crippen molar-refractivity contribution in [1.82, 2.24) is 9.97 Å². The molecule has 10 heteroatoms. The molecule has 0 atom stereocenters. The van der Waals surface area contributed by atoms with Crippen molar-refractivity contribution in [3.63, 3.8) is 0 Å². The molecule has 34 heavy (non-hydrogen) atoms. The molecule has 1 aromatic carbocycles. The minimum Gasteiger partial charge on any atom is -0.274 e. The average Bonchev–Trinajstić information content (AvgIpc) is 3.50. The summed E-state index contributed by atoms with van der Waals surface area (Å²) in [5, 5.41) is 9.10. The lowest BCUT2D eigenvalue weighted by atomic mass is 10.0. The number of amides is 1. The van der Waals surface area contributed by atoms with Gasteiger partial charge in [0.1, 0.15) is 10.9 Å². The maximum absolute atomic E-state index is 13.4. The Morgan fingerprint density at radius 1 is 1.21 bits per heavy atom. The minimum atomic E-state index is -3.50. The topological polar surface area (TPSA) is 104 Å². The first-order valence-corrected chi connectivity index (χ1v) is 14.0. The third-order valence-electron chi connectivity index (χ3n) is 5.90. The number of halogens is 1. The number of hydrogen-bond donors (Lipinski definition) is 0. The molecule has 0 saturated heterocycles. The van der Waals surface area contributed by atoms with Crippen molar-refractivity contribution in [1.29, 1.82) is 5.26 Å². The van der Waals surface area contributed by atoms with E-state index in [0.29, 0.717) is 34.4 Å². The summed E-state index contributed by atoms with van der Waals surface area (Å²) < 4.78 is 24.0. The normalized spacial score (nSPS) is 14.1. The van der Waals surface area contributed by atoms with E-state index in [1.807, 2.05) is 0 Å². The molecule has 1 saturated carbocycles. The molecule has 0 bridgehead atoms. The molecule has 0 spiro atoms. The predicted molar refractivity (Wildman–Crippen MR) is 133 cm³/mol. The van der Waals surface area contributed by atoms with E-state index in [4.69, 9.17) is 16.9 Å². The van der Waals surface area contributed by atoms with E-state index in [1.54, 1.807) is 24.4 Å². The highest BCUT2D eigenvalue weighted by Crippen LogP contribution is 2.34. The van der Waals surface area contributed by atoms with E-state index >= 15 is 0 Å². The quantitative estimate of drug-likeness (QED) is 0.396. The highest BCUT2D eigenvalue weighted by Gasteiger charge is 2.24. The van der Waals surface area contributed by atoms with Crippen LogP contribution in [0.4, 0.5) is 11.5 Å². The maximum atomic E-state index is 13.4. The molecule has 3 aromatic rings. The molecular formula is C24H23ClN4O3S2. The monoisotopic (exact) mass is 514 g/mol. The van der Waals surface area contributed by atoms with Crippen LogP contribution in [0.5, 0.6) is 0 Å². The molecule has 1 amide bonds. The second-order valence-electron chi connectivity index (χ2n) is 8.34. The number of rotatable bonds is 7. The van der Waals surface area contributed by atoms with Gasteiger partial charge in [-0.05, 0) is 42.7 Å². The van der Waals surface area contributed by atoms with Crippen molar-refractivity contribution in [2.45, 2.75) is 43.4 Å². The number of aromatic nitrogens is 2. The van der Waals surface area contributed by atoms with Gasteiger partial charge < -0.3 is 0 Å². The zero-order valence-corrected chi connectivity index (χ0v) is 21.0. The van der Waals surface area contributed by atoms with Gasteiger partial charge in [0.25, 0.3) is 0 Å². The highest BCUT2D eigenvalue weighted by molar-refractivity contribution is 7.90. The van der Waals surface area contributed by atoms with Gasteiger partial charge in [0.05, 0.1) is 38.6 Å². The Morgan fingerprint density at radius 3 is 2.56 bits per heavy atom. The summed E-state index contributed by atoms with van der Waals surface area (Å²) in [5.41, 5.74) is 1.03. The van der Waals surface area contributed by atoms with Crippen LogP contribution >= 0.6 is 22.9 Å². The molecule has 1 aliphatic rings. The molecule has 1 fully saturated rings. The number of sulfone groups is 1. The van der Waals surface area contributed by atoms with Crippen molar-refractivity contribution >= 4 is 50.2 Å². The Labute approximate surface area is 208 Å². The molecular weight excluding hydrogens is 492 g/mol. The molecule has 0 N–H and O–H groups in total. The Bertz CT molecular complexity index is 1340. The first-order chi connectivity index (χ1) is 16.3.